The molecule has 2 aromatic heterocycles. The summed E-state index contributed by atoms with van der Waals surface area (Å²) in [6.07, 6.45) is 3.58. The molecule has 22 heavy (non-hydrogen) atoms. The number of carbonyl (C=O) groups excluding carboxylic acids is 1. The maximum atomic E-state index is 12.8. The molecule has 1 saturated heterocycles. The fourth-order valence-corrected chi connectivity index (χ4v) is 4.61. The number of nitrogens with zero attached hydrogens (tertiary/aromatic N) is 5. The standard InChI is InChI=1S/C13H15N5O3S/c19-13(10-3-4-12-14-15-16-18(12)7-10)17-5-6-22(20,21)8-11(17)9-1-2-9/h3-4,7,9,11H,1-2,5-6,8H2. The second-order valence-corrected chi connectivity index (χ2v) is 8.15. The number of carbonyl (C=O) groups is 1. The molecule has 0 spiro atoms. The van der Waals surface area contributed by atoms with Crippen LogP contribution in [0, 0.1) is 5.92 Å². The van der Waals surface area contributed by atoms with Gasteiger partial charge in [0.05, 0.1) is 17.1 Å². The largest absolute Gasteiger partial charge is 0.333 e. The normalized spacial score (nSPS) is 24.5. The molecule has 0 bridgehead atoms. The number of tetrazole rings is 1. The topological polar surface area (TPSA) is 97.5 Å². The minimum Gasteiger partial charge on any atom is -0.333 e. The number of sulfone groups is 1. The SMILES string of the molecule is O=C(c1ccc2nnnn2c1)N1CCS(=O)(=O)CC1C1CC1. The van der Waals surface area contributed by atoms with Gasteiger partial charge in [0.2, 0.25) is 0 Å². The Hall–Kier alpha value is -2.03. The summed E-state index contributed by atoms with van der Waals surface area (Å²) in [4.78, 5) is 14.5. The molecule has 2 aliphatic rings. The summed E-state index contributed by atoms with van der Waals surface area (Å²) < 4.78 is 25.2. The number of amides is 1. The molecule has 2 fully saturated rings. The highest BCUT2D eigenvalue weighted by atomic mass is 32.2. The number of hydrogen-bond donors (Lipinski definition) is 0. The molecule has 1 atom stereocenters. The molecule has 1 amide bonds. The summed E-state index contributed by atoms with van der Waals surface area (Å²) in [6.45, 7) is 0.260. The Labute approximate surface area is 127 Å². The zero-order valence-corrected chi connectivity index (χ0v) is 12.6. The minimum absolute atomic E-state index is 0.0368. The Morgan fingerprint density at radius 1 is 1.27 bits per heavy atom. The lowest BCUT2D eigenvalue weighted by atomic mass is 10.1. The van der Waals surface area contributed by atoms with Gasteiger partial charge in [-0.2, -0.15) is 4.52 Å². The quantitative estimate of drug-likeness (QED) is 0.758. The summed E-state index contributed by atoms with van der Waals surface area (Å²) in [5.41, 5.74) is 1.04. The van der Waals surface area contributed by atoms with E-state index in [2.05, 4.69) is 15.5 Å². The lowest BCUT2D eigenvalue weighted by Crippen LogP contribution is -2.52. The van der Waals surface area contributed by atoms with Gasteiger partial charge in [-0.25, -0.2) is 8.42 Å². The number of hydrogen-bond acceptors (Lipinski definition) is 6. The van der Waals surface area contributed by atoms with Crippen LogP contribution in [0.3, 0.4) is 0 Å². The average Bonchev–Trinajstić information content (AvgIpc) is 3.23. The van der Waals surface area contributed by atoms with Gasteiger partial charge < -0.3 is 4.90 Å². The summed E-state index contributed by atoms with van der Waals surface area (Å²) in [7, 11) is -3.04. The van der Waals surface area contributed by atoms with Crippen LogP contribution < -0.4 is 0 Å². The average molecular weight is 321 g/mol. The van der Waals surface area contributed by atoms with Crippen LogP contribution in [0.5, 0.6) is 0 Å². The maximum Gasteiger partial charge on any atom is 0.255 e. The number of rotatable bonds is 2. The first kappa shape index (κ1) is 13.6. The van der Waals surface area contributed by atoms with Gasteiger partial charge in [0.15, 0.2) is 15.5 Å². The lowest BCUT2D eigenvalue weighted by molar-refractivity contribution is 0.0678. The first-order chi connectivity index (χ1) is 10.5. The molecular formula is C13H15N5O3S. The van der Waals surface area contributed by atoms with Gasteiger partial charge >= 0.3 is 0 Å². The molecule has 1 aliphatic carbocycles. The van der Waals surface area contributed by atoms with E-state index in [1.807, 2.05) is 0 Å². The smallest absolute Gasteiger partial charge is 0.255 e. The third-order valence-corrected chi connectivity index (χ3v) is 5.99. The summed E-state index contributed by atoms with van der Waals surface area (Å²) in [5.74, 6) is 0.283. The number of pyridine rings is 1. The Kier molecular flexibility index (Phi) is 2.93. The Morgan fingerprint density at radius 2 is 2.09 bits per heavy atom. The zero-order chi connectivity index (χ0) is 15.3. The van der Waals surface area contributed by atoms with Crippen LogP contribution in [-0.4, -0.2) is 63.4 Å². The van der Waals surface area contributed by atoms with Crippen molar-refractivity contribution in [3.63, 3.8) is 0 Å². The highest BCUT2D eigenvalue weighted by molar-refractivity contribution is 7.91. The zero-order valence-electron chi connectivity index (χ0n) is 11.8. The number of aromatic nitrogens is 4. The van der Waals surface area contributed by atoms with E-state index in [-0.39, 0.29) is 30.0 Å². The summed E-state index contributed by atoms with van der Waals surface area (Å²) >= 11 is 0. The summed E-state index contributed by atoms with van der Waals surface area (Å²) in [5, 5.41) is 11.1. The van der Waals surface area contributed by atoms with Crippen LogP contribution in [0.15, 0.2) is 18.3 Å². The van der Waals surface area contributed by atoms with E-state index in [4.69, 9.17) is 0 Å². The molecule has 4 rings (SSSR count). The third kappa shape index (κ3) is 2.35. The van der Waals surface area contributed by atoms with Crippen LogP contribution in [0.25, 0.3) is 5.65 Å². The lowest BCUT2D eigenvalue weighted by Gasteiger charge is -2.35. The van der Waals surface area contributed by atoms with E-state index in [0.29, 0.717) is 17.1 Å². The first-order valence-corrected chi connectivity index (χ1v) is 9.05. The van der Waals surface area contributed by atoms with Crippen LogP contribution in [0.1, 0.15) is 23.2 Å². The minimum atomic E-state index is -3.04. The van der Waals surface area contributed by atoms with Crippen LogP contribution in [0.4, 0.5) is 0 Å². The summed E-state index contributed by atoms with van der Waals surface area (Å²) in [6, 6.07) is 3.16. The second-order valence-electron chi connectivity index (χ2n) is 5.92. The van der Waals surface area contributed by atoms with Crippen molar-refractivity contribution < 1.29 is 13.2 Å². The van der Waals surface area contributed by atoms with Gasteiger partial charge in [-0.05, 0) is 41.3 Å². The molecule has 116 valence electrons. The fraction of sp³-hybridized carbons (Fsp3) is 0.538. The van der Waals surface area contributed by atoms with E-state index in [9.17, 15) is 13.2 Å². The first-order valence-electron chi connectivity index (χ1n) is 7.23. The van der Waals surface area contributed by atoms with E-state index in [0.717, 1.165) is 12.8 Å². The molecule has 1 saturated carbocycles. The Balaban J connectivity index is 1.65. The molecule has 8 nitrogen and oxygen atoms in total. The van der Waals surface area contributed by atoms with Crippen molar-refractivity contribution >= 4 is 21.4 Å². The Morgan fingerprint density at radius 3 is 2.86 bits per heavy atom. The molecule has 1 aliphatic heterocycles. The van der Waals surface area contributed by atoms with Crippen LogP contribution in [0.2, 0.25) is 0 Å². The maximum absolute atomic E-state index is 12.8. The monoisotopic (exact) mass is 321 g/mol. The van der Waals surface area contributed by atoms with Crippen LogP contribution >= 0.6 is 0 Å². The molecule has 2 aromatic rings. The van der Waals surface area contributed by atoms with Gasteiger partial charge in [0.25, 0.3) is 5.91 Å². The Bertz CT molecular complexity index is 842. The van der Waals surface area contributed by atoms with E-state index >= 15 is 0 Å². The molecule has 0 radical (unpaired) electrons. The van der Waals surface area contributed by atoms with E-state index < -0.39 is 9.84 Å². The fourth-order valence-electron chi connectivity index (χ4n) is 2.99. The van der Waals surface area contributed by atoms with Crippen molar-refractivity contribution in [3.05, 3.63) is 23.9 Å². The molecule has 9 heteroatoms. The van der Waals surface area contributed by atoms with Gasteiger partial charge in [-0.3, -0.25) is 4.79 Å². The van der Waals surface area contributed by atoms with Gasteiger partial charge in [-0.15, -0.1) is 5.10 Å². The van der Waals surface area contributed by atoms with Gasteiger partial charge in [0.1, 0.15) is 0 Å². The van der Waals surface area contributed by atoms with Crippen molar-refractivity contribution in [2.75, 3.05) is 18.1 Å². The molecule has 0 aromatic carbocycles. The van der Waals surface area contributed by atoms with E-state index in [1.54, 1.807) is 23.2 Å². The highest BCUT2D eigenvalue weighted by Gasteiger charge is 2.43. The van der Waals surface area contributed by atoms with Crippen LogP contribution in [-0.2, 0) is 9.84 Å². The number of fused-ring (bicyclic) bond motifs is 1. The van der Waals surface area contributed by atoms with E-state index in [1.165, 1.54) is 4.52 Å². The molecule has 0 N–H and O–H groups in total. The predicted molar refractivity (Wildman–Crippen MR) is 77.0 cm³/mol. The van der Waals surface area contributed by atoms with Crippen molar-refractivity contribution in [3.8, 4) is 0 Å². The predicted octanol–water partition coefficient (Wildman–Crippen LogP) is -0.226. The van der Waals surface area contributed by atoms with Crippen molar-refractivity contribution in [2.45, 2.75) is 18.9 Å². The second kappa shape index (κ2) is 4.73. The molecule has 3 heterocycles. The van der Waals surface area contributed by atoms with Gasteiger partial charge in [-0.1, -0.05) is 0 Å². The highest BCUT2D eigenvalue weighted by Crippen LogP contribution is 2.38. The van der Waals surface area contributed by atoms with Gasteiger partial charge in [0, 0.05) is 18.8 Å². The molecule has 1 unspecified atom stereocenters. The molecular weight excluding hydrogens is 306 g/mol. The van der Waals surface area contributed by atoms with Crippen molar-refractivity contribution in [2.24, 2.45) is 5.92 Å². The van der Waals surface area contributed by atoms with Crippen molar-refractivity contribution in [1.29, 1.82) is 0 Å². The van der Waals surface area contributed by atoms with Crippen molar-refractivity contribution in [1.82, 2.24) is 24.9 Å². The third-order valence-electron chi connectivity index (χ3n) is 4.33.